The number of hydrogen-bond donors (Lipinski definition) is 1. The van der Waals surface area contributed by atoms with Gasteiger partial charge in [0.25, 0.3) is 0 Å². The topological polar surface area (TPSA) is 42.3 Å². The molecule has 0 saturated carbocycles. The Morgan fingerprint density at radius 1 is 0.944 bits per heavy atom. The van der Waals surface area contributed by atoms with E-state index in [4.69, 9.17) is 21.9 Å². The van der Waals surface area contributed by atoms with E-state index in [2.05, 4.69) is 84.9 Å². The zero-order valence-electron chi connectivity index (χ0n) is 21.4. The fourth-order valence-electron chi connectivity index (χ4n) is 5.41. The average Bonchev–Trinajstić information content (AvgIpc) is 3.34. The molecule has 36 heavy (non-hydrogen) atoms. The van der Waals surface area contributed by atoms with Gasteiger partial charge in [-0.1, -0.05) is 24.3 Å². The maximum absolute atomic E-state index is 5.91. The van der Waals surface area contributed by atoms with E-state index >= 15 is 0 Å². The van der Waals surface area contributed by atoms with Crippen molar-refractivity contribution in [2.24, 2.45) is 0 Å². The number of nitrogens with one attached hydrogen (secondary N) is 1. The van der Waals surface area contributed by atoms with E-state index in [1.807, 2.05) is 30.5 Å². The Balaban J connectivity index is 1.61. The fourth-order valence-corrected chi connectivity index (χ4v) is 5.71. The number of aromatic nitrogens is 2. The minimum absolute atomic E-state index is 0.000331. The van der Waals surface area contributed by atoms with Gasteiger partial charge in [-0.15, -0.1) is 0 Å². The molecular weight excluding hydrogens is 464 g/mol. The Morgan fingerprint density at radius 2 is 1.67 bits per heavy atom. The summed E-state index contributed by atoms with van der Waals surface area (Å²) in [5.74, 6) is 0.848. The summed E-state index contributed by atoms with van der Waals surface area (Å²) < 4.78 is 7.71. The lowest BCUT2D eigenvalue weighted by Crippen LogP contribution is -2.29. The third-order valence-electron chi connectivity index (χ3n) is 6.96. The van der Waals surface area contributed by atoms with E-state index in [-0.39, 0.29) is 12.1 Å². The van der Waals surface area contributed by atoms with Gasteiger partial charge in [0.05, 0.1) is 24.9 Å². The van der Waals surface area contributed by atoms with Crippen LogP contribution in [0.15, 0.2) is 72.9 Å². The molecule has 0 amide bonds. The summed E-state index contributed by atoms with van der Waals surface area (Å²) in [6, 6.07) is 23.2. The molecular formula is C30H32N4OS. The maximum Gasteiger partial charge on any atom is 0.170 e. The molecule has 1 fully saturated rings. The lowest BCUT2D eigenvalue weighted by atomic mass is 9.96. The number of thiocarbonyl (C=S) groups is 1. The largest absolute Gasteiger partial charge is 0.497 e. The van der Waals surface area contributed by atoms with Crippen molar-refractivity contribution in [2.45, 2.75) is 46.3 Å². The molecule has 2 atom stereocenters. The van der Waals surface area contributed by atoms with Crippen molar-refractivity contribution in [2.75, 3.05) is 7.11 Å². The highest BCUT2D eigenvalue weighted by Crippen LogP contribution is 2.42. The Bertz CT molecular complexity index is 1370. The molecule has 0 unspecified atom stereocenters. The predicted molar refractivity (Wildman–Crippen MR) is 149 cm³/mol. The van der Waals surface area contributed by atoms with Crippen molar-refractivity contribution in [1.82, 2.24) is 19.8 Å². The molecule has 1 N–H and O–H groups in total. The lowest BCUT2D eigenvalue weighted by Gasteiger charge is -2.28. The van der Waals surface area contributed by atoms with Crippen molar-refractivity contribution in [1.29, 1.82) is 0 Å². The zero-order chi connectivity index (χ0) is 25.4. The molecule has 1 aliphatic rings. The van der Waals surface area contributed by atoms with Gasteiger partial charge in [-0.25, -0.2) is 0 Å². The van der Waals surface area contributed by atoms with Crippen LogP contribution in [0.3, 0.4) is 0 Å². The van der Waals surface area contributed by atoms with E-state index in [0.717, 1.165) is 16.6 Å². The van der Waals surface area contributed by atoms with Gasteiger partial charge in [-0.2, -0.15) is 0 Å². The van der Waals surface area contributed by atoms with Crippen LogP contribution in [-0.2, 0) is 6.54 Å². The highest BCUT2D eigenvalue weighted by molar-refractivity contribution is 7.80. The molecule has 2 aromatic heterocycles. The van der Waals surface area contributed by atoms with Gasteiger partial charge in [0.15, 0.2) is 5.11 Å². The lowest BCUT2D eigenvalue weighted by molar-refractivity contribution is 0.310. The van der Waals surface area contributed by atoms with Crippen LogP contribution in [0.5, 0.6) is 5.75 Å². The maximum atomic E-state index is 5.91. The zero-order valence-corrected chi connectivity index (χ0v) is 22.3. The van der Waals surface area contributed by atoms with Gasteiger partial charge < -0.3 is 19.5 Å². The van der Waals surface area contributed by atoms with E-state index in [0.29, 0.717) is 6.54 Å². The molecule has 4 aromatic rings. The number of benzene rings is 2. The van der Waals surface area contributed by atoms with Gasteiger partial charge in [-0.3, -0.25) is 4.98 Å². The van der Waals surface area contributed by atoms with Crippen molar-refractivity contribution in [3.05, 3.63) is 112 Å². The number of ether oxygens (including phenoxy) is 1. The minimum Gasteiger partial charge on any atom is -0.497 e. The number of pyridine rings is 1. The second-order valence-corrected chi connectivity index (χ2v) is 10.00. The van der Waals surface area contributed by atoms with Crippen LogP contribution in [-0.4, -0.2) is 26.7 Å². The Kier molecular flexibility index (Phi) is 6.54. The summed E-state index contributed by atoms with van der Waals surface area (Å²) in [4.78, 5) is 7.00. The summed E-state index contributed by atoms with van der Waals surface area (Å²) in [6.07, 6.45) is 1.85. The monoisotopic (exact) mass is 496 g/mol. The number of methoxy groups -OCH3 is 1. The van der Waals surface area contributed by atoms with E-state index < -0.39 is 0 Å². The van der Waals surface area contributed by atoms with Crippen LogP contribution in [0.1, 0.15) is 51.4 Å². The normalized spacial score (nSPS) is 17.4. The third kappa shape index (κ3) is 4.49. The predicted octanol–water partition coefficient (Wildman–Crippen LogP) is 6.29. The van der Waals surface area contributed by atoms with Crippen molar-refractivity contribution >= 4 is 17.3 Å². The standard InChI is InChI=1S/C30H32N4OS/c1-19-14-20(2)16-24(15-19)34-21(3)17-26(22(34)4)29-28(27-8-6-7-13-31-27)32-30(36)33(29)18-23-9-11-25(35-5)12-10-23/h6-17,28-29H,18H2,1-5H3,(H,32,36)/t28-,29+/m0/s1. The van der Waals surface area contributed by atoms with Crippen molar-refractivity contribution < 1.29 is 4.74 Å². The average molecular weight is 497 g/mol. The summed E-state index contributed by atoms with van der Waals surface area (Å²) in [7, 11) is 1.69. The van der Waals surface area contributed by atoms with Crippen LogP contribution in [0.4, 0.5) is 0 Å². The molecule has 0 spiro atoms. The van der Waals surface area contributed by atoms with Gasteiger partial charge in [0, 0.05) is 29.8 Å². The summed E-state index contributed by atoms with van der Waals surface area (Å²) in [5, 5.41) is 4.33. The molecule has 2 aromatic carbocycles. The number of aryl methyl sites for hydroxylation is 3. The van der Waals surface area contributed by atoms with Gasteiger partial charge in [-0.05, 0) is 105 Å². The summed E-state index contributed by atoms with van der Waals surface area (Å²) >= 11 is 5.91. The molecule has 5 rings (SSSR count). The van der Waals surface area contributed by atoms with Crippen LogP contribution < -0.4 is 10.1 Å². The second-order valence-electron chi connectivity index (χ2n) is 9.61. The Hall–Kier alpha value is -3.64. The molecule has 5 nitrogen and oxygen atoms in total. The van der Waals surface area contributed by atoms with Crippen molar-refractivity contribution in [3.63, 3.8) is 0 Å². The highest BCUT2D eigenvalue weighted by Gasteiger charge is 2.41. The molecule has 184 valence electrons. The molecule has 1 aliphatic heterocycles. The summed E-state index contributed by atoms with van der Waals surface area (Å²) in [6.45, 7) is 9.38. The smallest absolute Gasteiger partial charge is 0.170 e. The van der Waals surface area contributed by atoms with Crippen molar-refractivity contribution in [3.8, 4) is 11.4 Å². The summed E-state index contributed by atoms with van der Waals surface area (Å²) in [5.41, 5.74) is 9.55. The molecule has 0 bridgehead atoms. The first-order chi connectivity index (χ1) is 17.4. The van der Waals surface area contributed by atoms with Gasteiger partial charge in [0.1, 0.15) is 5.75 Å². The fraction of sp³-hybridized carbons (Fsp3) is 0.267. The van der Waals surface area contributed by atoms with E-state index in [1.54, 1.807) is 7.11 Å². The molecule has 6 heteroatoms. The minimum atomic E-state index is -0.0508. The van der Waals surface area contributed by atoms with E-state index in [1.165, 1.54) is 39.3 Å². The Labute approximate surface area is 218 Å². The number of nitrogens with zero attached hydrogens (tertiary/aromatic N) is 3. The van der Waals surface area contributed by atoms with Crippen LogP contribution in [0.25, 0.3) is 5.69 Å². The highest BCUT2D eigenvalue weighted by atomic mass is 32.1. The molecule has 0 radical (unpaired) electrons. The molecule has 0 aliphatic carbocycles. The Morgan fingerprint density at radius 3 is 2.31 bits per heavy atom. The number of hydrogen-bond acceptors (Lipinski definition) is 3. The number of rotatable bonds is 6. The first kappa shape index (κ1) is 24.1. The first-order valence-electron chi connectivity index (χ1n) is 12.2. The quantitative estimate of drug-likeness (QED) is 0.318. The van der Waals surface area contributed by atoms with Gasteiger partial charge in [0.2, 0.25) is 0 Å². The van der Waals surface area contributed by atoms with Crippen LogP contribution in [0.2, 0.25) is 0 Å². The van der Waals surface area contributed by atoms with Gasteiger partial charge >= 0.3 is 0 Å². The van der Waals surface area contributed by atoms with E-state index in [9.17, 15) is 0 Å². The first-order valence-corrected chi connectivity index (χ1v) is 12.6. The van der Waals surface area contributed by atoms with Crippen LogP contribution >= 0.6 is 12.2 Å². The third-order valence-corrected chi connectivity index (χ3v) is 7.32. The second kappa shape index (κ2) is 9.78. The molecule has 3 heterocycles. The molecule has 1 saturated heterocycles. The van der Waals surface area contributed by atoms with Crippen LogP contribution in [0, 0.1) is 27.7 Å². The SMILES string of the molecule is COc1ccc(CN2C(=S)N[C@@H](c3ccccn3)[C@H]2c2cc(C)n(-c3cc(C)cc(C)c3)c2C)cc1.